The highest BCUT2D eigenvalue weighted by Crippen LogP contribution is 1.83. The van der Waals surface area contributed by atoms with Gasteiger partial charge >= 0.3 is 17.1 Å². The number of allylic oxidation sites excluding steroid dienone is 3. The molecule has 0 fully saturated rings. The van der Waals surface area contributed by atoms with E-state index < -0.39 is 17.1 Å². The number of rotatable bonds is 6. The summed E-state index contributed by atoms with van der Waals surface area (Å²) < 4.78 is 2.78. The number of nitrogens with zero attached hydrogens (tertiary/aromatic N) is 3. The Labute approximate surface area is 114 Å². The second-order valence-electron chi connectivity index (χ2n) is 3.62. The Hall–Kier alpha value is -2.08. The maximum absolute atomic E-state index is 12.0. The van der Waals surface area contributed by atoms with E-state index >= 15 is 0 Å². The van der Waals surface area contributed by atoms with Gasteiger partial charge in [0.25, 0.3) is 0 Å². The molecule has 0 saturated carbocycles. The van der Waals surface area contributed by atoms with Crippen LogP contribution in [-0.4, -0.2) is 13.7 Å². The van der Waals surface area contributed by atoms with Crippen molar-refractivity contribution in [3.8, 4) is 0 Å². The average Bonchev–Trinajstić information content (AvgIpc) is 2.40. The molecular weight excluding hydrogens is 270 g/mol. The molecule has 0 aliphatic heterocycles. The molecule has 102 valence electrons. The van der Waals surface area contributed by atoms with Crippen molar-refractivity contribution in [1.82, 2.24) is 13.7 Å². The van der Waals surface area contributed by atoms with Gasteiger partial charge in [0, 0.05) is 5.54 Å². The van der Waals surface area contributed by atoms with Crippen molar-refractivity contribution in [3.63, 3.8) is 0 Å². The Morgan fingerprint density at radius 2 is 1.21 bits per heavy atom. The van der Waals surface area contributed by atoms with E-state index in [-0.39, 0.29) is 19.6 Å². The second kappa shape index (κ2) is 6.75. The van der Waals surface area contributed by atoms with Crippen LogP contribution < -0.4 is 17.1 Å². The summed E-state index contributed by atoms with van der Waals surface area (Å²) >= 11 is 5.38. The Kier molecular flexibility index (Phi) is 5.32. The normalized spacial score (nSPS) is 10.8. The van der Waals surface area contributed by atoms with E-state index in [9.17, 15) is 14.4 Å². The van der Waals surface area contributed by atoms with E-state index in [1.807, 2.05) is 0 Å². The lowest BCUT2D eigenvalue weighted by Gasteiger charge is -2.10. The van der Waals surface area contributed by atoms with Crippen LogP contribution in [0.4, 0.5) is 0 Å². The Morgan fingerprint density at radius 3 is 1.53 bits per heavy atom. The minimum Gasteiger partial charge on any atom is -0.247 e. The van der Waals surface area contributed by atoms with Crippen molar-refractivity contribution in [2.75, 3.05) is 0 Å². The van der Waals surface area contributed by atoms with Gasteiger partial charge in [-0.2, -0.15) is 0 Å². The van der Waals surface area contributed by atoms with Crippen molar-refractivity contribution in [2.45, 2.75) is 19.6 Å². The molecule has 0 N–H and O–H groups in total. The van der Waals surface area contributed by atoms with Gasteiger partial charge in [0.05, 0.1) is 19.6 Å². The lowest BCUT2D eigenvalue weighted by atomic mass is 10.5. The van der Waals surface area contributed by atoms with Gasteiger partial charge in [0.2, 0.25) is 0 Å². The lowest BCUT2D eigenvalue weighted by molar-refractivity contribution is 0.501. The fourth-order valence-corrected chi connectivity index (χ4v) is 1.63. The summed E-state index contributed by atoms with van der Waals surface area (Å²) in [6.45, 7) is 7.01. The maximum atomic E-state index is 12.0. The monoisotopic (exact) mass is 283 g/mol. The van der Waals surface area contributed by atoms with Crippen LogP contribution >= 0.6 is 11.6 Å². The summed E-state index contributed by atoms with van der Waals surface area (Å²) in [4.78, 5) is 36.0. The molecule has 0 aliphatic rings. The standard InChI is InChI=1S/C12H14ClN3O3/c1-3-7-14-10(17)15(8-4-2)12(19)16(11(14)18)9-5-6-13/h3-6H,1-2,7-9H2. The van der Waals surface area contributed by atoms with Crippen LogP contribution in [0.25, 0.3) is 0 Å². The maximum Gasteiger partial charge on any atom is 0.336 e. The number of aromatic nitrogens is 3. The van der Waals surface area contributed by atoms with E-state index in [1.54, 1.807) is 0 Å². The van der Waals surface area contributed by atoms with Gasteiger partial charge in [-0.3, -0.25) is 0 Å². The van der Waals surface area contributed by atoms with Crippen LogP contribution in [0.3, 0.4) is 0 Å². The topological polar surface area (TPSA) is 66.0 Å². The molecular formula is C12H14ClN3O3. The fraction of sp³-hybridized carbons (Fsp3) is 0.250. The van der Waals surface area contributed by atoms with Crippen molar-refractivity contribution in [1.29, 1.82) is 0 Å². The Morgan fingerprint density at radius 1 is 0.842 bits per heavy atom. The Bertz CT molecular complexity index is 631. The molecule has 0 amide bonds. The average molecular weight is 284 g/mol. The van der Waals surface area contributed by atoms with Crippen molar-refractivity contribution < 1.29 is 0 Å². The molecule has 0 aromatic carbocycles. The summed E-state index contributed by atoms with van der Waals surface area (Å²) in [5.41, 5.74) is -0.858. The summed E-state index contributed by atoms with van der Waals surface area (Å²) in [5, 5.41) is 0. The molecule has 0 unspecified atom stereocenters. The van der Waals surface area contributed by atoms with Crippen LogP contribution in [0.1, 0.15) is 0 Å². The van der Waals surface area contributed by atoms with Gasteiger partial charge in [0.1, 0.15) is 0 Å². The van der Waals surface area contributed by atoms with E-state index in [0.717, 1.165) is 13.7 Å². The first-order valence-electron chi connectivity index (χ1n) is 5.50. The molecule has 0 spiro atoms. The number of hydrogen-bond donors (Lipinski definition) is 0. The zero-order valence-corrected chi connectivity index (χ0v) is 11.0. The zero-order valence-electron chi connectivity index (χ0n) is 10.3. The molecule has 1 rings (SSSR count). The van der Waals surface area contributed by atoms with Crippen molar-refractivity contribution >= 4 is 11.6 Å². The minimum absolute atomic E-state index is 0.00423. The fourth-order valence-electron chi connectivity index (χ4n) is 1.55. The Balaban J connectivity index is 3.68. The molecule has 1 heterocycles. The number of halogens is 1. The van der Waals surface area contributed by atoms with Crippen molar-refractivity contribution in [3.05, 3.63) is 68.4 Å². The van der Waals surface area contributed by atoms with E-state index in [4.69, 9.17) is 11.6 Å². The van der Waals surface area contributed by atoms with Crippen LogP contribution in [0.15, 0.2) is 51.3 Å². The number of hydrogen-bond acceptors (Lipinski definition) is 3. The van der Waals surface area contributed by atoms with E-state index in [2.05, 4.69) is 13.2 Å². The third-order valence-corrected chi connectivity index (χ3v) is 2.56. The molecule has 0 radical (unpaired) electrons. The largest absolute Gasteiger partial charge is 0.336 e. The van der Waals surface area contributed by atoms with Gasteiger partial charge in [0.15, 0.2) is 0 Å². The third-order valence-electron chi connectivity index (χ3n) is 2.39. The summed E-state index contributed by atoms with van der Waals surface area (Å²) in [6.07, 6.45) is 4.26. The first-order valence-corrected chi connectivity index (χ1v) is 5.93. The van der Waals surface area contributed by atoms with Crippen LogP contribution in [0.2, 0.25) is 0 Å². The molecule has 0 bridgehead atoms. The highest BCUT2D eigenvalue weighted by atomic mass is 35.5. The first-order chi connectivity index (χ1) is 9.08. The van der Waals surface area contributed by atoms with E-state index in [1.165, 1.54) is 23.8 Å². The predicted octanol–water partition coefficient (Wildman–Crippen LogP) is 0.296. The minimum atomic E-state index is -0.690. The second-order valence-corrected chi connectivity index (χ2v) is 3.87. The molecule has 6 nitrogen and oxygen atoms in total. The van der Waals surface area contributed by atoms with Crippen LogP contribution in [0.5, 0.6) is 0 Å². The molecule has 1 aromatic rings. The van der Waals surface area contributed by atoms with Gasteiger partial charge in [-0.05, 0) is 0 Å². The summed E-state index contributed by atoms with van der Waals surface area (Å²) in [5.74, 6) is 0. The SMILES string of the molecule is C=CCn1c(=O)n(CC=C)c(=O)n(CC=CCl)c1=O. The summed E-state index contributed by atoms with van der Waals surface area (Å²) in [7, 11) is 0. The van der Waals surface area contributed by atoms with E-state index in [0.29, 0.717) is 0 Å². The van der Waals surface area contributed by atoms with Gasteiger partial charge in [-0.25, -0.2) is 28.1 Å². The highest BCUT2D eigenvalue weighted by molar-refractivity contribution is 6.25. The van der Waals surface area contributed by atoms with Crippen molar-refractivity contribution in [2.24, 2.45) is 0 Å². The first kappa shape index (κ1) is 15.0. The van der Waals surface area contributed by atoms with Crippen LogP contribution in [0, 0.1) is 0 Å². The quantitative estimate of drug-likeness (QED) is 0.705. The predicted molar refractivity (Wildman–Crippen MR) is 74.6 cm³/mol. The smallest absolute Gasteiger partial charge is 0.247 e. The molecule has 0 atom stereocenters. The highest BCUT2D eigenvalue weighted by Gasteiger charge is 2.12. The lowest BCUT2D eigenvalue weighted by Crippen LogP contribution is -2.54. The zero-order chi connectivity index (χ0) is 14.4. The van der Waals surface area contributed by atoms with Gasteiger partial charge < -0.3 is 0 Å². The van der Waals surface area contributed by atoms with Crippen LogP contribution in [-0.2, 0) is 19.6 Å². The molecule has 7 heteroatoms. The molecule has 1 aromatic heterocycles. The molecule has 0 aliphatic carbocycles. The summed E-state index contributed by atoms with van der Waals surface area (Å²) in [6, 6.07) is 0. The third kappa shape index (κ3) is 3.03. The van der Waals surface area contributed by atoms with Gasteiger partial charge in [-0.1, -0.05) is 29.8 Å². The molecule has 19 heavy (non-hydrogen) atoms. The molecule has 0 saturated heterocycles. The van der Waals surface area contributed by atoms with Gasteiger partial charge in [-0.15, -0.1) is 13.2 Å².